The summed E-state index contributed by atoms with van der Waals surface area (Å²) < 4.78 is 6.94. The zero-order chi connectivity index (χ0) is 15.1. The van der Waals surface area contributed by atoms with Gasteiger partial charge in [0.15, 0.2) is 5.71 Å². The monoisotopic (exact) mass is 408 g/mol. The standard InChI is InChI=1S/C12H14Br2N2O4/c13-8-4-7(6-10(16-19)12(17)18)5-9(14)11(8)20-3-1-2-15/h4-5,19H,1-3,6,15H2,(H,17,18)/b16-10-. The number of benzene rings is 1. The quantitative estimate of drug-likeness (QED) is 0.277. The van der Waals surface area contributed by atoms with Crippen molar-refractivity contribution in [2.45, 2.75) is 12.8 Å². The molecule has 0 bridgehead atoms. The zero-order valence-corrected chi connectivity index (χ0v) is 13.6. The van der Waals surface area contributed by atoms with Crippen LogP contribution in [0.25, 0.3) is 0 Å². The van der Waals surface area contributed by atoms with Crippen molar-refractivity contribution in [3.63, 3.8) is 0 Å². The van der Waals surface area contributed by atoms with Gasteiger partial charge < -0.3 is 20.8 Å². The number of carboxylic acids is 1. The van der Waals surface area contributed by atoms with E-state index in [-0.39, 0.29) is 12.1 Å². The van der Waals surface area contributed by atoms with E-state index in [1.807, 2.05) is 0 Å². The van der Waals surface area contributed by atoms with Crippen LogP contribution in [0.2, 0.25) is 0 Å². The molecule has 0 heterocycles. The molecule has 0 radical (unpaired) electrons. The number of rotatable bonds is 7. The smallest absolute Gasteiger partial charge is 0.354 e. The van der Waals surface area contributed by atoms with Gasteiger partial charge in [-0.25, -0.2) is 4.79 Å². The van der Waals surface area contributed by atoms with E-state index in [0.717, 1.165) is 6.42 Å². The summed E-state index contributed by atoms with van der Waals surface area (Å²) in [6.07, 6.45) is 0.743. The predicted octanol–water partition coefficient (Wildman–Crippen LogP) is 2.40. The van der Waals surface area contributed by atoms with Crippen LogP contribution >= 0.6 is 31.9 Å². The van der Waals surface area contributed by atoms with Crippen molar-refractivity contribution >= 4 is 43.5 Å². The molecule has 1 aromatic rings. The van der Waals surface area contributed by atoms with Gasteiger partial charge in [0.2, 0.25) is 0 Å². The first kappa shape index (κ1) is 16.9. The van der Waals surface area contributed by atoms with E-state index in [9.17, 15) is 4.79 Å². The lowest BCUT2D eigenvalue weighted by molar-refractivity contribution is -0.129. The van der Waals surface area contributed by atoms with Gasteiger partial charge in [0.1, 0.15) is 5.75 Å². The fraction of sp³-hybridized carbons (Fsp3) is 0.333. The molecule has 0 amide bonds. The summed E-state index contributed by atoms with van der Waals surface area (Å²) in [5.41, 5.74) is 5.73. The summed E-state index contributed by atoms with van der Waals surface area (Å²) in [6.45, 7) is 1.04. The van der Waals surface area contributed by atoms with Gasteiger partial charge in [-0.05, 0) is 62.5 Å². The molecule has 0 saturated carbocycles. The zero-order valence-electron chi connectivity index (χ0n) is 10.5. The van der Waals surface area contributed by atoms with Gasteiger partial charge in [0, 0.05) is 6.42 Å². The Hall–Kier alpha value is -1.12. The van der Waals surface area contributed by atoms with E-state index in [0.29, 0.717) is 33.4 Å². The van der Waals surface area contributed by atoms with Crippen molar-refractivity contribution in [2.75, 3.05) is 13.2 Å². The highest BCUT2D eigenvalue weighted by Gasteiger charge is 2.14. The third-order valence-electron chi connectivity index (χ3n) is 2.39. The molecule has 110 valence electrons. The molecule has 0 fully saturated rings. The molecule has 0 aliphatic carbocycles. The Labute approximate surface area is 132 Å². The molecule has 0 aromatic heterocycles. The van der Waals surface area contributed by atoms with E-state index in [4.69, 9.17) is 20.8 Å². The molecule has 4 N–H and O–H groups in total. The normalized spacial score (nSPS) is 11.4. The second-order valence-electron chi connectivity index (χ2n) is 3.91. The molecular weight excluding hydrogens is 396 g/mol. The van der Waals surface area contributed by atoms with Crippen molar-refractivity contribution in [1.82, 2.24) is 0 Å². The number of halogens is 2. The maximum atomic E-state index is 10.8. The van der Waals surface area contributed by atoms with Gasteiger partial charge in [-0.1, -0.05) is 5.16 Å². The molecule has 0 spiro atoms. The minimum Gasteiger partial charge on any atom is -0.491 e. The lowest BCUT2D eigenvalue weighted by atomic mass is 10.1. The lowest BCUT2D eigenvalue weighted by Gasteiger charge is -2.12. The van der Waals surface area contributed by atoms with E-state index < -0.39 is 5.97 Å². The number of oxime groups is 1. The highest BCUT2D eigenvalue weighted by Crippen LogP contribution is 2.35. The maximum Gasteiger partial charge on any atom is 0.354 e. The number of nitrogens with zero attached hydrogens (tertiary/aromatic N) is 1. The van der Waals surface area contributed by atoms with Gasteiger partial charge in [0.25, 0.3) is 0 Å². The highest BCUT2D eigenvalue weighted by molar-refractivity contribution is 9.11. The van der Waals surface area contributed by atoms with E-state index in [2.05, 4.69) is 37.0 Å². The lowest BCUT2D eigenvalue weighted by Crippen LogP contribution is -2.16. The molecule has 20 heavy (non-hydrogen) atoms. The number of nitrogens with two attached hydrogens (primary N) is 1. The van der Waals surface area contributed by atoms with Gasteiger partial charge in [0.05, 0.1) is 15.6 Å². The van der Waals surface area contributed by atoms with E-state index >= 15 is 0 Å². The minimum absolute atomic E-state index is 0.00606. The molecular formula is C12H14Br2N2O4. The van der Waals surface area contributed by atoms with Crippen LogP contribution < -0.4 is 10.5 Å². The highest BCUT2D eigenvalue weighted by atomic mass is 79.9. The van der Waals surface area contributed by atoms with Crippen molar-refractivity contribution in [2.24, 2.45) is 10.9 Å². The maximum absolute atomic E-state index is 10.8. The van der Waals surface area contributed by atoms with Crippen LogP contribution in [0.3, 0.4) is 0 Å². The number of ether oxygens (including phenoxy) is 1. The Bertz CT molecular complexity index is 497. The van der Waals surface area contributed by atoms with Crippen LogP contribution in [-0.2, 0) is 11.2 Å². The summed E-state index contributed by atoms with van der Waals surface area (Å²) >= 11 is 6.73. The van der Waals surface area contributed by atoms with Crippen LogP contribution in [0.4, 0.5) is 0 Å². The van der Waals surface area contributed by atoms with Crippen molar-refractivity contribution < 1.29 is 19.8 Å². The number of carbonyl (C=O) groups is 1. The molecule has 1 rings (SSSR count). The average Bonchev–Trinajstić information content (AvgIpc) is 2.38. The minimum atomic E-state index is -1.26. The van der Waals surface area contributed by atoms with Crippen molar-refractivity contribution in [1.29, 1.82) is 0 Å². The molecule has 0 aliphatic heterocycles. The third-order valence-corrected chi connectivity index (χ3v) is 3.57. The van der Waals surface area contributed by atoms with Crippen LogP contribution in [0.15, 0.2) is 26.2 Å². The first-order valence-corrected chi connectivity index (χ1v) is 7.33. The molecule has 8 heteroatoms. The van der Waals surface area contributed by atoms with Crippen molar-refractivity contribution in [3.8, 4) is 5.75 Å². The molecule has 6 nitrogen and oxygen atoms in total. The van der Waals surface area contributed by atoms with Crippen LogP contribution in [-0.4, -0.2) is 35.1 Å². The first-order valence-electron chi connectivity index (χ1n) is 5.74. The average molecular weight is 410 g/mol. The molecule has 0 atom stereocenters. The predicted molar refractivity (Wildman–Crippen MR) is 81.6 cm³/mol. The van der Waals surface area contributed by atoms with E-state index in [1.165, 1.54) is 0 Å². The number of hydrogen-bond donors (Lipinski definition) is 3. The third kappa shape index (κ3) is 4.77. The van der Waals surface area contributed by atoms with Gasteiger partial charge in [-0.15, -0.1) is 0 Å². The topological polar surface area (TPSA) is 105 Å². The molecule has 0 unspecified atom stereocenters. The summed E-state index contributed by atoms with van der Waals surface area (Å²) in [7, 11) is 0. The Morgan fingerprint density at radius 1 is 1.35 bits per heavy atom. The fourth-order valence-corrected chi connectivity index (χ4v) is 2.97. The Kier molecular flexibility index (Phi) is 6.97. The van der Waals surface area contributed by atoms with Crippen LogP contribution in [0.1, 0.15) is 12.0 Å². The van der Waals surface area contributed by atoms with Crippen LogP contribution in [0.5, 0.6) is 5.75 Å². The Morgan fingerprint density at radius 3 is 2.40 bits per heavy atom. The largest absolute Gasteiger partial charge is 0.491 e. The number of hydrogen-bond acceptors (Lipinski definition) is 5. The molecule has 0 aliphatic rings. The van der Waals surface area contributed by atoms with Gasteiger partial charge >= 0.3 is 5.97 Å². The second kappa shape index (κ2) is 8.23. The molecule has 1 aromatic carbocycles. The number of carboxylic acid groups (broad SMARTS) is 1. The SMILES string of the molecule is NCCCOc1c(Br)cc(C/C(=N/O)C(=O)O)cc1Br. The van der Waals surface area contributed by atoms with Gasteiger partial charge in [-0.3, -0.25) is 0 Å². The number of aliphatic carboxylic acids is 1. The van der Waals surface area contributed by atoms with E-state index in [1.54, 1.807) is 12.1 Å². The summed E-state index contributed by atoms with van der Waals surface area (Å²) in [5, 5.41) is 20.2. The van der Waals surface area contributed by atoms with Gasteiger partial charge in [-0.2, -0.15) is 0 Å². The summed E-state index contributed by atoms with van der Waals surface area (Å²) in [5.74, 6) is -0.636. The summed E-state index contributed by atoms with van der Waals surface area (Å²) in [6, 6.07) is 3.44. The Balaban J connectivity index is 2.90. The Morgan fingerprint density at radius 2 is 1.95 bits per heavy atom. The summed E-state index contributed by atoms with van der Waals surface area (Å²) in [4.78, 5) is 10.8. The fourth-order valence-electron chi connectivity index (χ4n) is 1.46. The van der Waals surface area contributed by atoms with Crippen molar-refractivity contribution in [3.05, 3.63) is 26.6 Å². The first-order chi connectivity index (χ1) is 9.49. The molecule has 0 saturated heterocycles. The second-order valence-corrected chi connectivity index (χ2v) is 5.62. The van der Waals surface area contributed by atoms with Crippen LogP contribution in [0, 0.1) is 0 Å².